The van der Waals surface area contributed by atoms with Crippen LogP contribution in [0.2, 0.25) is 0 Å². The van der Waals surface area contributed by atoms with Crippen molar-refractivity contribution in [3.05, 3.63) is 46.5 Å². The maximum Gasteiger partial charge on any atom is 0.323 e. The molecular weight excluding hydrogens is 356 g/mol. The molecule has 1 spiro atoms. The van der Waals surface area contributed by atoms with Crippen LogP contribution in [0.1, 0.15) is 31.2 Å². The average Bonchev–Trinajstić information content (AvgIpc) is 3.48. The van der Waals surface area contributed by atoms with Crippen molar-refractivity contribution in [3.63, 3.8) is 0 Å². The van der Waals surface area contributed by atoms with E-state index in [9.17, 15) is 10.1 Å². The summed E-state index contributed by atoms with van der Waals surface area (Å²) in [6.07, 6.45) is 7.91. The van der Waals surface area contributed by atoms with E-state index in [0.717, 1.165) is 25.9 Å². The standard InChI is InChI=1S/C20H18N6O2/c21-12-13-17(26-10-6-20(4-5-20)7-11-26)16-14(24-18(13)27)2-3-15(25-16)28-19-22-8-1-9-23-19/h1-3,8-9H,4-7,10-11H2,(H,24,27). The van der Waals surface area contributed by atoms with E-state index in [1.807, 2.05) is 0 Å². The molecule has 8 heteroatoms. The lowest BCUT2D eigenvalue weighted by molar-refractivity contribution is 0.384. The summed E-state index contributed by atoms with van der Waals surface area (Å²) < 4.78 is 5.65. The fourth-order valence-electron chi connectivity index (χ4n) is 3.91. The third kappa shape index (κ3) is 2.85. The highest BCUT2D eigenvalue weighted by atomic mass is 16.5. The number of rotatable bonds is 3. The molecule has 1 saturated carbocycles. The van der Waals surface area contributed by atoms with Crippen LogP contribution in [0.3, 0.4) is 0 Å². The van der Waals surface area contributed by atoms with Crippen LogP contribution in [-0.4, -0.2) is 33.0 Å². The summed E-state index contributed by atoms with van der Waals surface area (Å²) in [6.45, 7) is 1.64. The maximum absolute atomic E-state index is 12.5. The normalized spacial score (nSPS) is 17.5. The summed E-state index contributed by atoms with van der Waals surface area (Å²) in [5.74, 6) is 0.312. The van der Waals surface area contributed by atoms with Crippen LogP contribution in [0.15, 0.2) is 35.4 Å². The lowest BCUT2D eigenvalue weighted by Crippen LogP contribution is -2.36. The highest BCUT2D eigenvalue weighted by molar-refractivity contribution is 5.91. The van der Waals surface area contributed by atoms with Crippen molar-refractivity contribution in [1.82, 2.24) is 19.9 Å². The highest BCUT2D eigenvalue weighted by Crippen LogP contribution is 2.54. The van der Waals surface area contributed by atoms with Crippen molar-refractivity contribution in [3.8, 4) is 18.0 Å². The van der Waals surface area contributed by atoms with Crippen molar-refractivity contribution in [1.29, 1.82) is 5.26 Å². The molecular formula is C20H18N6O2. The number of piperidine rings is 1. The Morgan fingerprint density at radius 2 is 1.89 bits per heavy atom. The zero-order valence-electron chi connectivity index (χ0n) is 15.2. The predicted octanol–water partition coefficient (Wildman–Crippen LogP) is 2.76. The molecule has 28 heavy (non-hydrogen) atoms. The lowest BCUT2D eigenvalue weighted by atomic mass is 9.93. The Balaban J connectivity index is 1.60. The number of anilines is 1. The summed E-state index contributed by atoms with van der Waals surface area (Å²) in [5, 5.41) is 9.63. The van der Waals surface area contributed by atoms with Crippen LogP contribution < -0.4 is 15.2 Å². The van der Waals surface area contributed by atoms with Gasteiger partial charge in [0.2, 0.25) is 5.88 Å². The van der Waals surface area contributed by atoms with Crippen molar-refractivity contribution in [2.24, 2.45) is 5.41 Å². The first-order valence-electron chi connectivity index (χ1n) is 9.34. The third-order valence-electron chi connectivity index (χ3n) is 5.75. The Labute approximate surface area is 160 Å². The first-order chi connectivity index (χ1) is 13.7. The quantitative estimate of drug-likeness (QED) is 0.751. The van der Waals surface area contributed by atoms with E-state index in [1.165, 1.54) is 12.8 Å². The van der Waals surface area contributed by atoms with Crippen LogP contribution in [0, 0.1) is 16.7 Å². The van der Waals surface area contributed by atoms with Gasteiger partial charge in [-0.3, -0.25) is 4.79 Å². The second kappa shape index (κ2) is 6.30. The topological polar surface area (TPSA) is 108 Å². The van der Waals surface area contributed by atoms with Crippen LogP contribution in [0.5, 0.6) is 11.9 Å². The minimum absolute atomic E-state index is 0.0971. The third-order valence-corrected chi connectivity index (χ3v) is 5.75. The van der Waals surface area contributed by atoms with Crippen molar-refractivity contribution < 1.29 is 4.74 Å². The van der Waals surface area contributed by atoms with Gasteiger partial charge < -0.3 is 14.6 Å². The van der Waals surface area contributed by atoms with Gasteiger partial charge in [-0.1, -0.05) is 0 Å². The summed E-state index contributed by atoms with van der Waals surface area (Å²) in [5.41, 5.74) is 1.92. The molecule has 1 N–H and O–H groups in total. The molecule has 2 aliphatic rings. The van der Waals surface area contributed by atoms with Gasteiger partial charge in [0.15, 0.2) is 0 Å². The SMILES string of the molecule is N#Cc1c(N2CCC3(CC2)CC3)c2nc(Oc3ncccn3)ccc2[nH]c1=O. The van der Waals surface area contributed by atoms with E-state index in [0.29, 0.717) is 28.0 Å². The highest BCUT2D eigenvalue weighted by Gasteiger charge is 2.45. The minimum atomic E-state index is -0.390. The van der Waals surface area contributed by atoms with Crippen LogP contribution in [0.4, 0.5) is 5.69 Å². The fourth-order valence-corrected chi connectivity index (χ4v) is 3.91. The molecule has 0 radical (unpaired) electrons. The van der Waals surface area contributed by atoms with Crippen molar-refractivity contribution in [2.75, 3.05) is 18.0 Å². The molecule has 140 valence electrons. The van der Waals surface area contributed by atoms with E-state index in [2.05, 4.69) is 30.9 Å². The van der Waals surface area contributed by atoms with Gasteiger partial charge in [-0.25, -0.2) is 15.0 Å². The van der Waals surface area contributed by atoms with Gasteiger partial charge in [-0.05, 0) is 43.2 Å². The van der Waals surface area contributed by atoms with E-state index < -0.39 is 5.56 Å². The number of H-pyrrole nitrogens is 1. The van der Waals surface area contributed by atoms with Crippen LogP contribution in [0.25, 0.3) is 11.0 Å². The molecule has 3 aromatic rings. The zero-order valence-corrected chi connectivity index (χ0v) is 15.2. The molecule has 1 aliphatic heterocycles. The molecule has 1 saturated heterocycles. The Bertz CT molecular complexity index is 1140. The monoisotopic (exact) mass is 374 g/mol. The first-order valence-corrected chi connectivity index (χ1v) is 9.34. The first kappa shape index (κ1) is 16.7. The fraction of sp³-hybridized carbons (Fsp3) is 0.350. The summed E-state index contributed by atoms with van der Waals surface area (Å²) in [7, 11) is 0. The molecule has 0 bridgehead atoms. The number of aromatic amines is 1. The smallest absolute Gasteiger partial charge is 0.323 e. The minimum Gasteiger partial charge on any atom is -0.405 e. The van der Waals surface area contributed by atoms with Crippen LogP contribution in [-0.2, 0) is 0 Å². The van der Waals surface area contributed by atoms with E-state index in [-0.39, 0.29) is 11.6 Å². The Morgan fingerprint density at radius 1 is 1.14 bits per heavy atom. The number of hydrogen-bond donors (Lipinski definition) is 1. The number of ether oxygens (including phenoxy) is 1. The molecule has 3 aromatic heterocycles. The average molecular weight is 374 g/mol. The lowest BCUT2D eigenvalue weighted by Gasteiger charge is -2.34. The Hall–Kier alpha value is -3.47. The largest absolute Gasteiger partial charge is 0.405 e. The van der Waals surface area contributed by atoms with E-state index in [4.69, 9.17) is 4.74 Å². The van der Waals surface area contributed by atoms with Crippen molar-refractivity contribution >= 4 is 16.7 Å². The molecule has 0 aromatic carbocycles. The molecule has 4 heterocycles. The summed E-state index contributed by atoms with van der Waals surface area (Å²) >= 11 is 0. The molecule has 0 amide bonds. The number of nitriles is 1. The second-order valence-corrected chi connectivity index (χ2v) is 7.46. The number of fused-ring (bicyclic) bond motifs is 1. The number of nitrogens with one attached hydrogen (secondary N) is 1. The summed E-state index contributed by atoms with van der Waals surface area (Å²) in [4.78, 5) is 30.0. The number of hydrogen-bond acceptors (Lipinski definition) is 7. The molecule has 8 nitrogen and oxygen atoms in total. The van der Waals surface area contributed by atoms with Crippen molar-refractivity contribution in [2.45, 2.75) is 25.7 Å². The maximum atomic E-state index is 12.5. The van der Waals surface area contributed by atoms with Gasteiger partial charge >= 0.3 is 6.01 Å². The Kier molecular flexibility index (Phi) is 3.76. The molecule has 1 aliphatic carbocycles. The molecule has 0 atom stereocenters. The van der Waals surface area contributed by atoms with Crippen LogP contribution >= 0.6 is 0 Å². The molecule has 0 unspecified atom stereocenters. The van der Waals surface area contributed by atoms with Gasteiger partial charge in [0.25, 0.3) is 5.56 Å². The number of nitrogens with zero attached hydrogens (tertiary/aromatic N) is 5. The zero-order chi connectivity index (χ0) is 19.1. The van der Waals surface area contributed by atoms with Gasteiger partial charge in [-0.15, -0.1) is 0 Å². The molecule has 5 rings (SSSR count). The predicted molar refractivity (Wildman–Crippen MR) is 102 cm³/mol. The number of aromatic nitrogens is 4. The van der Waals surface area contributed by atoms with Gasteiger partial charge in [-0.2, -0.15) is 5.26 Å². The number of pyridine rings is 2. The van der Waals surface area contributed by atoms with E-state index >= 15 is 0 Å². The van der Waals surface area contributed by atoms with Gasteiger partial charge in [0, 0.05) is 31.5 Å². The second-order valence-electron chi connectivity index (χ2n) is 7.46. The summed E-state index contributed by atoms with van der Waals surface area (Å²) in [6, 6.07) is 7.35. The Morgan fingerprint density at radius 3 is 2.57 bits per heavy atom. The van der Waals surface area contributed by atoms with Gasteiger partial charge in [0.05, 0.1) is 11.2 Å². The molecule has 2 fully saturated rings. The van der Waals surface area contributed by atoms with Gasteiger partial charge in [0.1, 0.15) is 17.1 Å². The van der Waals surface area contributed by atoms with E-state index in [1.54, 1.807) is 30.6 Å².